The highest BCUT2D eigenvalue weighted by atomic mass is 15.1. The Bertz CT molecular complexity index is 752. The van der Waals surface area contributed by atoms with Crippen LogP contribution in [0.15, 0.2) is 30.9 Å². The van der Waals surface area contributed by atoms with Crippen LogP contribution in [-0.4, -0.2) is 20.2 Å². The molecule has 18 heavy (non-hydrogen) atoms. The normalized spacial score (nSPS) is 10.4. The molecule has 0 fully saturated rings. The van der Waals surface area contributed by atoms with Crippen LogP contribution in [0.1, 0.15) is 5.56 Å². The molecule has 0 aliphatic carbocycles. The van der Waals surface area contributed by atoms with Crippen LogP contribution in [0.3, 0.4) is 0 Å². The number of nitrogens with one attached hydrogen (secondary N) is 1. The highest BCUT2D eigenvalue weighted by molar-refractivity contribution is 5.95. The van der Waals surface area contributed by atoms with Crippen LogP contribution in [0.4, 0.5) is 5.69 Å². The van der Waals surface area contributed by atoms with Gasteiger partial charge < -0.3 is 0 Å². The van der Waals surface area contributed by atoms with Crippen molar-refractivity contribution in [2.24, 2.45) is 0 Å². The van der Waals surface area contributed by atoms with Gasteiger partial charge in [0.25, 0.3) is 0 Å². The highest BCUT2D eigenvalue weighted by Gasteiger charge is 2.10. The first kappa shape index (κ1) is 10.4. The molecule has 3 aromatic rings. The number of fused-ring (bicyclic) bond motifs is 1. The molecule has 3 rings (SSSR count). The largest absolute Gasteiger partial charge is 0.278 e. The third-order valence-corrected chi connectivity index (χ3v) is 2.83. The summed E-state index contributed by atoms with van der Waals surface area (Å²) in [6, 6.07) is 3.78. The fraction of sp³-hybridized carbons (Fsp3) is 0.0769. The van der Waals surface area contributed by atoms with Gasteiger partial charge in [0.2, 0.25) is 0 Å². The topological polar surface area (TPSA) is 58.8 Å². The predicted octanol–water partition coefficient (Wildman–Crippen LogP) is 2.88. The minimum atomic E-state index is 0.641. The molecule has 86 valence electrons. The van der Waals surface area contributed by atoms with Crippen LogP contribution >= 0.6 is 0 Å². The maximum atomic E-state index is 7.10. The van der Waals surface area contributed by atoms with E-state index in [1.807, 2.05) is 19.1 Å². The van der Waals surface area contributed by atoms with Crippen molar-refractivity contribution >= 4 is 16.6 Å². The Morgan fingerprint density at radius 1 is 1.22 bits per heavy atom. The van der Waals surface area contributed by atoms with E-state index in [0.29, 0.717) is 5.69 Å². The maximum Gasteiger partial charge on any atom is 0.192 e. The molecule has 1 aromatic carbocycles. The molecule has 2 aromatic heterocycles. The van der Waals surface area contributed by atoms with E-state index in [2.05, 4.69) is 25.0 Å². The first-order valence-electron chi connectivity index (χ1n) is 5.41. The summed E-state index contributed by atoms with van der Waals surface area (Å²) in [6.07, 6.45) is 4.93. The molecule has 0 aliphatic rings. The molecule has 0 bridgehead atoms. The van der Waals surface area contributed by atoms with Gasteiger partial charge in [-0.25, -0.2) is 14.8 Å². The summed E-state index contributed by atoms with van der Waals surface area (Å²) < 4.78 is 0. The van der Waals surface area contributed by atoms with Gasteiger partial charge in [0, 0.05) is 23.3 Å². The van der Waals surface area contributed by atoms with Crippen molar-refractivity contribution in [2.45, 2.75) is 6.92 Å². The molecule has 0 saturated heterocycles. The van der Waals surface area contributed by atoms with E-state index in [-0.39, 0.29) is 0 Å². The Hall–Kier alpha value is -2.74. The monoisotopic (exact) mass is 235 g/mol. The van der Waals surface area contributed by atoms with Crippen LogP contribution in [0.5, 0.6) is 0 Å². The number of rotatable bonds is 1. The molecule has 5 nitrogen and oxygen atoms in total. The first-order valence-corrected chi connectivity index (χ1v) is 5.41. The second-order valence-corrected chi connectivity index (χ2v) is 4.00. The van der Waals surface area contributed by atoms with Gasteiger partial charge in [-0.1, -0.05) is 6.07 Å². The molecular weight excluding hydrogens is 226 g/mol. The van der Waals surface area contributed by atoms with Gasteiger partial charge in [-0.2, -0.15) is 5.10 Å². The summed E-state index contributed by atoms with van der Waals surface area (Å²) in [5.41, 5.74) is 4.11. The standard InChI is InChI=1S/C13H9N5/c1-8-3-10-12(4-11(8)14-2)17-18-13(10)9-5-15-7-16-6-9/h3-7H,1H3,(H,17,18). The predicted molar refractivity (Wildman–Crippen MR) is 68.1 cm³/mol. The molecule has 1 N–H and O–H groups in total. The lowest BCUT2D eigenvalue weighted by Crippen LogP contribution is -1.83. The Balaban J connectivity index is 2.28. The van der Waals surface area contributed by atoms with Gasteiger partial charge in [0.1, 0.15) is 12.0 Å². The lowest BCUT2D eigenvalue weighted by atomic mass is 10.1. The summed E-state index contributed by atoms with van der Waals surface area (Å²) in [5, 5.41) is 8.20. The van der Waals surface area contributed by atoms with Crippen LogP contribution in [0.2, 0.25) is 0 Å². The van der Waals surface area contributed by atoms with Crippen molar-refractivity contribution in [2.75, 3.05) is 0 Å². The van der Waals surface area contributed by atoms with Gasteiger partial charge in [-0.15, -0.1) is 0 Å². The molecular formula is C13H9N5. The number of aryl methyl sites for hydroxylation is 1. The van der Waals surface area contributed by atoms with Crippen LogP contribution < -0.4 is 0 Å². The van der Waals surface area contributed by atoms with Gasteiger partial charge in [-0.05, 0) is 18.6 Å². The minimum absolute atomic E-state index is 0.641. The van der Waals surface area contributed by atoms with E-state index in [1.54, 1.807) is 12.4 Å². The number of aromatic nitrogens is 4. The zero-order chi connectivity index (χ0) is 12.5. The Labute approximate surface area is 103 Å². The van der Waals surface area contributed by atoms with E-state index < -0.39 is 0 Å². The van der Waals surface area contributed by atoms with Gasteiger partial charge in [0.05, 0.1) is 12.1 Å². The van der Waals surface area contributed by atoms with Crippen molar-refractivity contribution in [3.63, 3.8) is 0 Å². The summed E-state index contributed by atoms with van der Waals surface area (Å²) in [6.45, 7) is 9.02. The highest BCUT2D eigenvalue weighted by Crippen LogP contribution is 2.30. The van der Waals surface area contributed by atoms with Gasteiger partial charge in [0.15, 0.2) is 5.69 Å². The quantitative estimate of drug-likeness (QED) is 0.660. The van der Waals surface area contributed by atoms with Gasteiger partial charge in [-0.3, -0.25) is 5.10 Å². The Kier molecular flexibility index (Phi) is 2.27. The van der Waals surface area contributed by atoms with Gasteiger partial charge >= 0.3 is 0 Å². The average molecular weight is 235 g/mol. The third kappa shape index (κ3) is 1.52. The van der Waals surface area contributed by atoms with Crippen LogP contribution in [0, 0.1) is 13.5 Å². The summed E-state index contributed by atoms with van der Waals surface area (Å²) in [4.78, 5) is 11.5. The van der Waals surface area contributed by atoms with E-state index in [9.17, 15) is 0 Å². The number of nitrogens with zero attached hydrogens (tertiary/aromatic N) is 4. The van der Waals surface area contributed by atoms with E-state index in [4.69, 9.17) is 6.57 Å². The number of hydrogen-bond acceptors (Lipinski definition) is 3. The zero-order valence-corrected chi connectivity index (χ0v) is 9.68. The molecule has 0 amide bonds. The van der Waals surface area contributed by atoms with Crippen molar-refractivity contribution in [3.8, 4) is 11.3 Å². The van der Waals surface area contributed by atoms with E-state index >= 15 is 0 Å². The first-order chi connectivity index (χ1) is 8.79. The summed E-state index contributed by atoms with van der Waals surface area (Å²) >= 11 is 0. The molecule has 2 heterocycles. The summed E-state index contributed by atoms with van der Waals surface area (Å²) in [5.74, 6) is 0. The molecule has 0 unspecified atom stereocenters. The Morgan fingerprint density at radius 3 is 2.72 bits per heavy atom. The average Bonchev–Trinajstić information content (AvgIpc) is 2.81. The lowest BCUT2D eigenvalue weighted by molar-refractivity contribution is 1.11. The fourth-order valence-electron chi connectivity index (χ4n) is 1.92. The molecule has 0 radical (unpaired) electrons. The number of hydrogen-bond donors (Lipinski definition) is 1. The number of aromatic amines is 1. The van der Waals surface area contributed by atoms with Crippen molar-refractivity contribution in [1.82, 2.24) is 20.2 Å². The smallest absolute Gasteiger partial charge is 0.192 e. The number of benzene rings is 1. The number of H-pyrrole nitrogens is 1. The summed E-state index contributed by atoms with van der Waals surface area (Å²) in [7, 11) is 0. The maximum absolute atomic E-state index is 7.10. The zero-order valence-electron chi connectivity index (χ0n) is 9.68. The van der Waals surface area contributed by atoms with Crippen LogP contribution in [-0.2, 0) is 0 Å². The second-order valence-electron chi connectivity index (χ2n) is 4.00. The molecule has 0 spiro atoms. The van der Waals surface area contributed by atoms with Crippen molar-refractivity contribution < 1.29 is 0 Å². The second kappa shape index (κ2) is 3.93. The minimum Gasteiger partial charge on any atom is -0.278 e. The SMILES string of the molecule is [C-]#[N+]c1cc2[nH]nc(-c3cncnc3)c2cc1C. The van der Waals surface area contributed by atoms with Crippen molar-refractivity contribution in [3.05, 3.63) is 47.8 Å². The fourth-order valence-corrected chi connectivity index (χ4v) is 1.92. The molecule has 5 heteroatoms. The molecule has 0 saturated carbocycles. The Morgan fingerprint density at radius 2 is 2.00 bits per heavy atom. The molecule has 0 atom stereocenters. The van der Waals surface area contributed by atoms with E-state index in [1.165, 1.54) is 6.33 Å². The van der Waals surface area contributed by atoms with Crippen molar-refractivity contribution in [1.29, 1.82) is 0 Å². The van der Waals surface area contributed by atoms with E-state index in [0.717, 1.165) is 27.7 Å². The molecule has 0 aliphatic heterocycles. The van der Waals surface area contributed by atoms with Crippen LogP contribution in [0.25, 0.3) is 27.0 Å². The third-order valence-electron chi connectivity index (χ3n) is 2.83. The lowest BCUT2D eigenvalue weighted by Gasteiger charge is -1.99.